The largest absolute Gasteiger partial charge is 0.477 e. The van der Waals surface area contributed by atoms with Gasteiger partial charge in [-0.25, -0.2) is 9.78 Å². The van der Waals surface area contributed by atoms with Crippen molar-refractivity contribution in [2.75, 3.05) is 0 Å². The molecule has 1 N–H and O–H groups in total. The normalized spacial score (nSPS) is 8.00. The molecule has 0 spiro atoms. The molecule has 50 valence electrons. The molecule has 4 heteroatoms. The first-order valence-electron chi connectivity index (χ1n) is 2.45. The maximum atomic E-state index is 10.1. The summed E-state index contributed by atoms with van der Waals surface area (Å²) in [7, 11) is 0. The van der Waals surface area contributed by atoms with Crippen molar-refractivity contribution in [3.8, 4) is 0 Å². The van der Waals surface area contributed by atoms with E-state index in [-0.39, 0.29) is 47.4 Å². The molecule has 0 aliphatic heterocycles. The SMILES string of the molecule is O=C(O)c1ccccn1.[Ce]. The zero-order valence-corrected chi connectivity index (χ0v) is 8.25. The van der Waals surface area contributed by atoms with Crippen LogP contribution in [-0.4, -0.2) is 16.1 Å². The van der Waals surface area contributed by atoms with Crippen LogP contribution in [0.3, 0.4) is 0 Å². The summed E-state index contributed by atoms with van der Waals surface area (Å²) >= 11 is 0. The van der Waals surface area contributed by atoms with Crippen molar-refractivity contribution in [2.45, 2.75) is 0 Å². The molecule has 3 nitrogen and oxygen atoms in total. The maximum absolute atomic E-state index is 10.1. The van der Waals surface area contributed by atoms with Gasteiger partial charge in [0, 0.05) is 47.9 Å². The molecule has 0 saturated carbocycles. The van der Waals surface area contributed by atoms with Crippen molar-refractivity contribution < 1.29 is 51.6 Å². The summed E-state index contributed by atoms with van der Waals surface area (Å²) in [4.78, 5) is 13.7. The molecular formula is C6H5CeNO2. The summed E-state index contributed by atoms with van der Waals surface area (Å²) in [6, 6.07) is 4.76. The number of hydrogen-bond donors (Lipinski definition) is 1. The van der Waals surface area contributed by atoms with E-state index in [0.717, 1.165) is 0 Å². The fourth-order valence-corrected chi connectivity index (χ4v) is 0.489. The van der Waals surface area contributed by atoms with Gasteiger partial charge < -0.3 is 5.11 Å². The fourth-order valence-electron chi connectivity index (χ4n) is 0.489. The second kappa shape index (κ2) is 4.76. The molecule has 0 aromatic carbocycles. The zero-order valence-electron chi connectivity index (χ0n) is 5.11. The number of aromatic carboxylic acids is 1. The summed E-state index contributed by atoms with van der Waals surface area (Å²) in [5.41, 5.74) is 0.0810. The maximum Gasteiger partial charge on any atom is 0.354 e. The monoisotopic (exact) mass is 263 g/mol. The van der Waals surface area contributed by atoms with Crippen LogP contribution in [-0.2, 0) is 0 Å². The first kappa shape index (κ1) is 10.00. The average Bonchev–Trinajstić information content (AvgIpc) is 1.90. The van der Waals surface area contributed by atoms with Gasteiger partial charge in [-0.15, -0.1) is 0 Å². The molecular weight excluding hydrogens is 258 g/mol. The van der Waals surface area contributed by atoms with Crippen LogP contribution in [0, 0.1) is 41.7 Å². The molecule has 0 unspecified atom stereocenters. The number of nitrogens with zero attached hydrogens (tertiary/aromatic N) is 1. The van der Waals surface area contributed by atoms with Crippen molar-refractivity contribution in [3.63, 3.8) is 0 Å². The van der Waals surface area contributed by atoms with Crippen molar-refractivity contribution >= 4 is 5.97 Å². The first-order valence-corrected chi connectivity index (χ1v) is 2.45. The van der Waals surface area contributed by atoms with Gasteiger partial charge in [-0.3, -0.25) is 0 Å². The minimum atomic E-state index is -0.990. The molecule has 0 amide bonds. The number of carboxylic acid groups (broad SMARTS) is 1. The standard InChI is InChI=1S/C6H5NO2.Ce/c8-6(9)5-3-1-2-4-7-5;/h1-4H,(H,8,9);. The van der Waals surface area contributed by atoms with Crippen molar-refractivity contribution in [1.29, 1.82) is 0 Å². The van der Waals surface area contributed by atoms with Crippen molar-refractivity contribution in [2.24, 2.45) is 0 Å². The van der Waals surface area contributed by atoms with E-state index in [0.29, 0.717) is 0 Å². The van der Waals surface area contributed by atoms with Gasteiger partial charge in [0.25, 0.3) is 0 Å². The van der Waals surface area contributed by atoms with Gasteiger partial charge in [-0.1, -0.05) is 6.07 Å². The van der Waals surface area contributed by atoms with Gasteiger partial charge in [0.2, 0.25) is 0 Å². The molecule has 0 aliphatic rings. The summed E-state index contributed by atoms with van der Waals surface area (Å²) in [5, 5.41) is 8.32. The third-order valence-electron chi connectivity index (χ3n) is 0.884. The minimum absolute atomic E-state index is 0. The molecule has 1 aromatic heterocycles. The van der Waals surface area contributed by atoms with E-state index in [4.69, 9.17) is 5.11 Å². The quantitative estimate of drug-likeness (QED) is 0.814. The van der Waals surface area contributed by atoms with Crippen LogP contribution in [0.2, 0.25) is 0 Å². The number of carboxylic acids is 1. The molecule has 0 radical (unpaired) electrons. The topological polar surface area (TPSA) is 50.2 Å². The minimum Gasteiger partial charge on any atom is -0.477 e. The average molecular weight is 263 g/mol. The Kier molecular flexibility index (Phi) is 4.76. The fraction of sp³-hybridized carbons (Fsp3) is 0. The second-order valence-electron chi connectivity index (χ2n) is 1.52. The number of pyridine rings is 1. The molecule has 0 aliphatic carbocycles. The van der Waals surface area contributed by atoms with Gasteiger partial charge in [0.15, 0.2) is 0 Å². The number of hydrogen-bond acceptors (Lipinski definition) is 2. The van der Waals surface area contributed by atoms with E-state index in [1.807, 2.05) is 0 Å². The van der Waals surface area contributed by atoms with Crippen molar-refractivity contribution in [3.05, 3.63) is 30.1 Å². The first-order chi connectivity index (χ1) is 4.30. The zero-order chi connectivity index (χ0) is 6.69. The van der Waals surface area contributed by atoms with E-state index in [2.05, 4.69) is 4.98 Å². The Morgan fingerprint density at radius 3 is 2.50 bits per heavy atom. The van der Waals surface area contributed by atoms with Crippen LogP contribution >= 0.6 is 0 Å². The Bertz CT molecular complexity index is 212. The second-order valence-corrected chi connectivity index (χ2v) is 1.52. The molecule has 1 rings (SSSR count). The van der Waals surface area contributed by atoms with Crippen LogP contribution in [0.15, 0.2) is 24.4 Å². The summed E-state index contributed by atoms with van der Waals surface area (Å²) in [6.45, 7) is 0. The molecule has 0 fully saturated rings. The van der Waals surface area contributed by atoms with Crippen molar-refractivity contribution in [1.82, 2.24) is 4.98 Å². The van der Waals surface area contributed by atoms with Gasteiger partial charge >= 0.3 is 5.97 Å². The Morgan fingerprint density at radius 2 is 2.20 bits per heavy atom. The molecule has 1 aromatic rings. The Hall–Kier alpha value is -0.00338. The Morgan fingerprint density at radius 1 is 1.50 bits per heavy atom. The Balaban J connectivity index is 0.000000810. The molecule has 10 heavy (non-hydrogen) atoms. The van der Waals surface area contributed by atoms with Crippen LogP contribution < -0.4 is 0 Å². The van der Waals surface area contributed by atoms with Crippen LogP contribution in [0.25, 0.3) is 0 Å². The molecule has 0 bridgehead atoms. The van der Waals surface area contributed by atoms with Gasteiger partial charge in [-0.2, -0.15) is 0 Å². The van der Waals surface area contributed by atoms with E-state index in [9.17, 15) is 4.79 Å². The summed E-state index contributed by atoms with van der Waals surface area (Å²) < 4.78 is 0. The third-order valence-corrected chi connectivity index (χ3v) is 0.884. The summed E-state index contributed by atoms with van der Waals surface area (Å²) in [6.07, 6.45) is 1.45. The predicted octanol–water partition coefficient (Wildman–Crippen LogP) is 0.780. The molecule has 0 atom stereocenters. The van der Waals surface area contributed by atoms with Gasteiger partial charge in [0.1, 0.15) is 5.69 Å². The predicted molar refractivity (Wildman–Crippen MR) is 31.2 cm³/mol. The molecule has 1 heterocycles. The van der Waals surface area contributed by atoms with E-state index >= 15 is 0 Å². The Labute approximate surface area is 91.9 Å². The smallest absolute Gasteiger partial charge is 0.354 e. The van der Waals surface area contributed by atoms with E-state index in [1.165, 1.54) is 12.3 Å². The van der Waals surface area contributed by atoms with Crippen LogP contribution in [0.1, 0.15) is 10.5 Å². The van der Waals surface area contributed by atoms with E-state index < -0.39 is 5.97 Å². The van der Waals surface area contributed by atoms with Gasteiger partial charge in [0.05, 0.1) is 0 Å². The number of rotatable bonds is 1. The number of aromatic nitrogens is 1. The van der Waals surface area contributed by atoms with Gasteiger partial charge in [-0.05, 0) is 12.1 Å². The van der Waals surface area contributed by atoms with Crippen LogP contribution in [0.5, 0.6) is 0 Å². The van der Waals surface area contributed by atoms with Crippen LogP contribution in [0.4, 0.5) is 0 Å². The molecule has 0 saturated heterocycles. The number of carbonyl (C=O) groups is 1. The summed E-state index contributed by atoms with van der Waals surface area (Å²) in [5.74, 6) is -0.990. The third kappa shape index (κ3) is 2.72. The van der Waals surface area contributed by atoms with E-state index in [1.54, 1.807) is 12.1 Å².